The molecule has 0 amide bonds. The highest BCUT2D eigenvalue weighted by atomic mass is 15.1. The smallest absolute Gasteiger partial charge is 0.0544 e. The summed E-state index contributed by atoms with van der Waals surface area (Å²) in [6.07, 6.45) is 1.84. The topological polar surface area (TPSA) is 16.1 Å². The third-order valence-corrected chi connectivity index (χ3v) is 3.08. The Kier molecular flexibility index (Phi) is 3.89. The van der Waals surface area contributed by atoms with Crippen LogP contribution in [0.15, 0.2) is 54.7 Å². The lowest BCUT2D eigenvalue weighted by atomic mass is 10.1. The van der Waals surface area contributed by atoms with Crippen molar-refractivity contribution in [3.8, 4) is 0 Å². The molecular weight excluding hydrogens is 208 g/mol. The van der Waals surface area contributed by atoms with E-state index in [4.69, 9.17) is 0 Å². The molecule has 17 heavy (non-hydrogen) atoms. The van der Waals surface area contributed by atoms with Crippen molar-refractivity contribution in [1.29, 1.82) is 0 Å². The van der Waals surface area contributed by atoms with Crippen LogP contribution in [0.2, 0.25) is 0 Å². The highest BCUT2D eigenvalue weighted by Crippen LogP contribution is 2.19. The van der Waals surface area contributed by atoms with Gasteiger partial charge in [0.05, 0.1) is 5.69 Å². The minimum Gasteiger partial charge on any atom is -0.294 e. The van der Waals surface area contributed by atoms with Crippen LogP contribution in [0.1, 0.15) is 24.2 Å². The van der Waals surface area contributed by atoms with E-state index in [2.05, 4.69) is 60.3 Å². The number of benzene rings is 1. The van der Waals surface area contributed by atoms with Crippen molar-refractivity contribution in [3.63, 3.8) is 0 Å². The molecule has 0 spiro atoms. The Bertz CT molecular complexity index is 439. The lowest BCUT2D eigenvalue weighted by Crippen LogP contribution is -2.22. The largest absolute Gasteiger partial charge is 0.294 e. The maximum absolute atomic E-state index is 4.35. The maximum Gasteiger partial charge on any atom is 0.0544 e. The number of hydrogen-bond donors (Lipinski definition) is 0. The molecule has 1 atom stereocenters. The van der Waals surface area contributed by atoms with Crippen LogP contribution in [-0.2, 0) is 6.54 Å². The number of aromatic nitrogens is 1. The van der Waals surface area contributed by atoms with Crippen molar-refractivity contribution in [2.75, 3.05) is 7.05 Å². The molecule has 0 N–H and O–H groups in total. The molecule has 1 unspecified atom stereocenters. The quantitative estimate of drug-likeness (QED) is 0.795. The summed E-state index contributed by atoms with van der Waals surface area (Å²) in [6.45, 7) is 3.09. The summed E-state index contributed by atoms with van der Waals surface area (Å²) in [5.41, 5.74) is 2.45. The summed E-state index contributed by atoms with van der Waals surface area (Å²) in [5, 5.41) is 0. The minimum absolute atomic E-state index is 0.401. The van der Waals surface area contributed by atoms with E-state index in [-0.39, 0.29) is 0 Å². The van der Waals surface area contributed by atoms with Crippen molar-refractivity contribution in [2.45, 2.75) is 19.5 Å². The number of hydrogen-bond acceptors (Lipinski definition) is 2. The van der Waals surface area contributed by atoms with Gasteiger partial charge in [0.25, 0.3) is 0 Å². The summed E-state index contributed by atoms with van der Waals surface area (Å²) in [5.74, 6) is 0. The fourth-order valence-electron chi connectivity index (χ4n) is 1.87. The van der Waals surface area contributed by atoms with E-state index >= 15 is 0 Å². The predicted molar refractivity (Wildman–Crippen MR) is 70.6 cm³/mol. The number of pyridine rings is 1. The van der Waals surface area contributed by atoms with Crippen molar-refractivity contribution in [3.05, 3.63) is 66.0 Å². The highest BCUT2D eigenvalue weighted by molar-refractivity contribution is 5.18. The Labute approximate surface area is 103 Å². The van der Waals surface area contributed by atoms with Gasteiger partial charge in [-0.1, -0.05) is 36.4 Å². The average molecular weight is 226 g/mol. The van der Waals surface area contributed by atoms with E-state index in [0.717, 1.165) is 12.2 Å². The zero-order valence-electron chi connectivity index (χ0n) is 10.4. The predicted octanol–water partition coefficient (Wildman–Crippen LogP) is 3.27. The summed E-state index contributed by atoms with van der Waals surface area (Å²) < 4.78 is 0. The Morgan fingerprint density at radius 2 is 1.76 bits per heavy atom. The summed E-state index contributed by atoms with van der Waals surface area (Å²) in [7, 11) is 2.13. The number of nitrogens with zero attached hydrogens (tertiary/aromatic N) is 2. The van der Waals surface area contributed by atoms with Crippen LogP contribution in [-0.4, -0.2) is 16.9 Å². The Morgan fingerprint density at radius 3 is 2.41 bits per heavy atom. The van der Waals surface area contributed by atoms with Gasteiger partial charge in [0, 0.05) is 18.8 Å². The van der Waals surface area contributed by atoms with Gasteiger partial charge >= 0.3 is 0 Å². The fraction of sp³-hybridized carbons (Fsp3) is 0.267. The molecule has 2 nitrogen and oxygen atoms in total. The van der Waals surface area contributed by atoms with Gasteiger partial charge in [-0.05, 0) is 31.7 Å². The minimum atomic E-state index is 0.401. The van der Waals surface area contributed by atoms with Gasteiger partial charge in [0.15, 0.2) is 0 Å². The van der Waals surface area contributed by atoms with Crippen molar-refractivity contribution >= 4 is 0 Å². The second kappa shape index (κ2) is 5.60. The monoisotopic (exact) mass is 226 g/mol. The maximum atomic E-state index is 4.35. The molecule has 2 rings (SSSR count). The second-order valence-corrected chi connectivity index (χ2v) is 4.32. The van der Waals surface area contributed by atoms with Gasteiger partial charge in [-0.3, -0.25) is 9.88 Å². The summed E-state index contributed by atoms with van der Waals surface area (Å²) >= 11 is 0. The molecule has 0 aliphatic heterocycles. The molecule has 0 aliphatic rings. The molecule has 0 saturated heterocycles. The first-order chi connectivity index (χ1) is 8.27. The molecule has 2 aromatic rings. The second-order valence-electron chi connectivity index (χ2n) is 4.32. The molecule has 1 aromatic carbocycles. The van der Waals surface area contributed by atoms with E-state index in [1.54, 1.807) is 0 Å². The average Bonchev–Trinajstić information content (AvgIpc) is 2.40. The van der Waals surface area contributed by atoms with Gasteiger partial charge in [0.2, 0.25) is 0 Å². The number of rotatable bonds is 4. The van der Waals surface area contributed by atoms with E-state index in [1.807, 2.05) is 18.3 Å². The van der Waals surface area contributed by atoms with Crippen LogP contribution in [0.3, 0.4) is 0 Å². The van der Waals surface area contributed by atoms with Gasteiger partial charge in [0.1, 0.15) is 0 Å². The molecule has 0 radical (unpaired) electrons. The molecule has 1 aromatic heterocycles. The lowest BCUT2D eigenvalue weighted by molar-refractivity contribution is 0.250. The van der Waals surface area contributed by atoms with Crippen LogP contribution in [0.5, 0.6) is 0 Å². The van der Waals surface area contributed by atoms with E-state index in [1.165, 1.54) is 5.56 Å². The van der Waals surface area contributed by atoms with Crippen molar-refractivity contribution < 1.29 is 0 Å². The molecule has 0 fully saturated rings. The molecule has 2 heteroatoms. The van der Waals surface area contributed by atoms with Gasteiger partial charge in [-0.15, -0.1) is 0 Å². The van der Waals surface area contributed by atoms with Crippen LogP contribution in [0, 0.1) is 0 Å². The first-order valence-corrected chi connectivity index (χ1v) is 5.92. The van der Waals surface area contributed by atoms with Crippen LogP contribution < -0.4 is 0 Å². The normalized spacial score (nSPS) is 12.6. The zero-order chi connectivity index (χ0) is 12.1. The van der Waals surface area contributed by atoms with Crippen LogP contribution >= 0.6 is 0 Å². The molecule has 88 valence electrons. The van der Waals surface area contributed by atoms with Crippen LogP contribution in [0.25, 0.3) is 0 Å². The van der Waals surface area contributed by atoms with E-state index < -0.39 is 0 Å². The third kappa shape index (κ3) is 3.14. The molecular formula is C15H18N2. The standard InChI is InChI=1S/C15H18N2/c1-13(14-8-4-3-5-9-14)17(2)12-15-10-6-7-11-16-15/h3-11,13H,12H2,1-2H3. The zero-order valence-corrected chi connectivity index (χ0v) is 10.4. The summed E-state index contributed by atoms with van der Waals surface area (Å²) in [4.78, 5) is 6.66. The Hall–Kier alpha value is -1.67. The molecule has 0 bridgehead atoms. The van der Waals surface area contributed by atoms with Gasteiger partial charge in [-0.2, -0.15) is 0 Å². The first-order valence-electron chi connectivity index (χ1n) is 5.92. The lowest BCUT2D eigenvalue weighted by Gasteiger charge is -2.24. The SMILES string of the molecule is CC(c1ccccc1)N(C)Cc1ccccn1. The van der Waals surface area contributed by atoms with Crippen molar-refractivity contribution in [1.82, 2.24) is 9.88 Å². The van der Waals surface area contributed by atoms with Crippen molar-refractivity contribution in [2.24, 2.45) is 0 Å². The van der Waals surface area contributed by atoms with E-state index in [9.17, 15) is 0 Å². The van der Waals surface area contributed by atoms with Gasteiger partial charge < -0.3 is 0 Å². The van der Waals surface area contributed by atoms with Gasteiger partial charge in [-0.25, -0.2) is 0 Å². The fourth-order valence-corrected chi connectivity index (χ4v) is 1.87. The highest BCUT2D eigenvalue weighted by Gasteiger charge is 2.11. The summed E-state index contributed by atoms with van der Waals surface area (Å²) in [6, 6.07) is 17.0. The van der Waals surface area contributed by atoms with E-state index in [0.29, 0.717) is 6.04 Å². The van der Waals surface area contributed by atoms with Crippen LogP contribution in [0.4, 0.5) is 0 Å². The molecule has 0 aliphatic carbocycles. The first kappa shape index (κ1) is 11.8. The Morgan fingerprint density at radius 1 is 1.06 bits per heavy atom. The Balaban J connectivity index is 2.03. The third-order valence-electron chi connectivity index (χ3n) is 3.08. The molecule has 0 saturated carbocycles. The molecule has 1 heterocycles.